The lowest BCUT2D eigenvalue weighted by molar-refractivity contribution is 1.00. The highest BCUT2D eigenvalue weighted by Crippen LogP contribution is 2.22. The third-order valence-electron chi connectivity index (χ3n) is 2.96. The molecule has 0 aliphatic carbocycles. The third-order valence-corrected chi connectivity index (χ3v) is 3.23. The molecule has 1 aromatic carbocycles. The van der Waals surface area contributed by atoms with Gasteiger partial charge in [0.15, 0.2) is 10.8 Å². The molecule has 1 N–H and O–H groups in total. The lowest BCUT2D eigenvalue weighted by Crippen LogP contribution is -2.15. The van der Waals surface area contributed by atoms with Gasteiger partial charge in [-0.1, -0.05) is 29.8 Å². The maximum absolute atomic E-state index is 12.1. The lowest BCUT2D eigenvalue weighted by atomic mass is 10.2. The summed E-state index contributed by atoms with van der Waals surface area (Å²) < 4.78 is 1.51. The first-order valence-corrected chi connectivity index (χ1v) is 6.16. The number of H-pyrrole nitrogens is 1. The van der Waals surface area contributed by atoms with Crippen molar-refractivity contribution in [2.75, 3.05) is 0 Å². The van der Waals surface area contributed by atoms with Gasteiger partial charge in [0.2, 0.25) is 0 Å². The van der Waals surface area contributed by atoms with Crippen molar-refractivity contribution in [1.82, 2.24) is 19.5 Å². The van der Waals surface area contributed by atoms with E-state index in [1.165, 1.54) is 4.57 Å². The van der Waals surface area contributed by atoms with Crippen LogP contribution in [0, 0.1) is 13.8 Å². The molecule has 0 saturated carbocycles. The van der Waals surface area contributed by atoms with Crippen molar-refractivity contribution in [1.29, 1.82) is 0 Å². The van der Waals surface area contributed by atoms with Gasteiger partial charge >= 0.3 is 5.69 Å². The van der Waals surface area contributed by atoms with E-state index in [2.05, 4.69) is 15.0 Å². The van der Waals surface area contributed by atoms with Gasteiger partial charge in [0.05, 0.1) is 5.69 Å². The summed E-state index contributed by atoms with van der Waals surface area (Å²) >= 11 is 6.15. The van der Waals surface area contributed by atoms with E-state index in [9.17, 15) is 4.79 Å². The van der Waals surface area contributed by atoms with E-state index in [0.29, 0.717) is 17.0 Å². The molecule has 0 bridgehead atoms. The summed E-state index contributed by atoms with van der Waals surface area (Å²) in [4.78, 5) is 23.1. The molecular weight excluding hydrogens is 264 g/mol. The molecule has 0 saturated heterocycles. The quantitative estimate of drug-likeness (QED) is 0.693. The number of rotatable bonds is 1. The van der Waals surface area contributed by atoms with Crippen LogP contribution in [0.2, 0.25) is 5.15 Å². The van der Waals surface area contributed by atoms with Crippen molar-refractivity contribution in [3.05, 3.63) is 51.3 Å². The Bertz CT molecular complexity index is 834. The maximum Gasteiger partial charge on any atom is 0.332 e. The molecule has 0 spiro atoms. The van der Waals surface area contributed by atoms with Crippen LogP contribution in [-0.4, -0.2) is 19.5 Å². The first-order chi connectivity index (χ1) is 9.08. The van der Waals surface area contributed by atoms with Gasteiger partial charge in [0.25, 0.3) is 0 Å². The molecule has 2 aromatic heterocycles. The fraction of sp³-hybridized carbons (Fsp3) is 0.154. The monoisotopic (exact) mass is 274 g/mol. The minimum Gasteiger partial charge on any atom is -0.290 e. The SMILES string of the molecule is Cc1nc(Cl)c2c(n1)[nH]c(=O)n2-c1ccccc1C. The molecule has 19 heavy (non-hydrogen) atoms. The minimum absolute atomic E-state index is 0.268. The molecule has 96 valence electrons. The summed E-state index contributed by atoms with van der Waals surface area (Å²) in [6.07, 6.45) is 0. The Morgan fingerprint density at radius 3 is 2.68 bits per heavy atom. The number of para-hydroxylation sites is 1. The van der Waals surface area contributed by atoms with Crippen molar-refractivity contribution in [3.8, 4) is 5.69 Å². The van der Waals surface area contributed by atoms with E-state index >= 15 is 0 Å². The van der Waals surface area contributed by atoms with Crippen LogP contribution in [0.5, 0.6) is 0 Å². The van der Waals surface area contributed by atoms with E-state index in [4.69, 9.17) is 11.6 Å². The highest BCUT2D eigenvalue weighted by atomic mass is 35.5. The molecule has 0 aliphatic rings. The summed E-state index contributed by atoms with van der Waals surface area (Å²) in [7, 11) is 0. The van der Waals surface area contributed by atoms with Crippen LogP contribution in [0.25, 0.3) is 16.9 Å². The van der Waals surface area contributed by atoms with Crippen molar-refractivity contribution in [2.45, 2.75) is 13.8 Å². The zero-order chi connectivity index (χ0) is 13.6. The summed E-state index contributed by atoms with van der Waals surface area (Å²) in [5.74, 6) is 0.524. The Hall–Kier alpha value is -2.14. The predicted octanol–water partition coefficient (Wildman–Crippen LogP) is 2.38. The number of halogens is 1. The Labute approximate surface area is 113 Å². The molecular formula is C13H11ClN4O. The molecule has 3 rings (SSSR count). The molecule has 0 radical (unpaired) electrons. The number of nitrogens with zero attached hydrogens (tertiary/aromatic N) is 3. The first-order valence-electron chi connectivity index (χ1n) is 5.79. The molecule has 6 heteroatoms. The van der Waals surface area contributed by atoms with E-state index in [1.54, 1.807) is 6.92 Å². The largest absolute Gasteiger partial charge is 0.332 e. The molecule has 3 aromatic rings. The van der Waals surface area contributed by atoms with Gasteiger partial charge in [-0.3, -0.25) is 9.55 Å². The fourth-order valence-corrected chi connectivity index (χ4v) is 2.42. The van der Waals surface area contributed by atoms with Crippen LogP contribution >= 0.6 is 11.6 Å². The molecule has 0 unspecified atom stereocenters. The number of hydrogen-bond acceptors (Lipinski definition) is 3. The number of aromatic nitrogens is 4. The number of hydrogen-bond donors (Lipinski definition) is 1. The van der Waals surface area contributed by atoms with Gasteiger partial charge in [-0.25, -0.2) is 14.8 Å². The van der Waals surface area contributed by atoms with Gasteiger partial charge in [-0.2, -0.15) is 0 Å². The van der Waals surface area contributed by atoms with Crippen LogP contribution in [0.3, 0.4) is 0 Å². The van der Waals surface area contributed by atoms with Crippen LogP contribution < -0.4 is 5.69 Å². The molecule has 5 nitrogen and oxygen atoms in total. The average Bonchev–Trinajstić information content (AvgIpc) is 2.66. The van der Waals surface area contributed by atoms with Crippen LogP contribution in [0.1, 0.15) is 11.4 Å². The number of imidazole rings is 1. The maximum atomic E-state index is 12.1. The third kappa shape index (κ3) is 1.82. The van der Waals surface area contributed by atoms with Gasteiger partial charge in [-0.05, 0) is 25.5 Å². The van der Waals surface area contributed by atoms with Crippen LogP contribution in [0.15, 0.2) is 29.1 Å². The van der Waals surface area contributed by atoms with Crippen LogP contribution in [-0.2, 0) is 0 Å². The molecule has 0 atom stereocenters. The molecule has 0 amide bonds. The van der Waals surface area contributed by atoms with E-state index in [-0.39, 0.29) is 10.8 Å². The van der Waals surface area contributed by atoms with E-state index < -0.39 is 0 Å². The summed E-state index contributed by atoms with van der Waals surface area (Å²) in [5, 5.41) is 0.268. The minimum atomic E-state index is -0.272. The summed E-state index contributed by atoms with van der Waals surface area (Å²) in [6.45, 7) is 3.66. The van der Waals surface area contributed by atoms with Gasteiger partial charge < -0.3 is 0 Å². The number of nitrogens with one attached hydrogen (secondary N) is 1. The van der Waals surface area contributed by atoms with Crippen molar-refractivity contribution in [3.63, 3.8) is 0 Å². The smallest absolute Gasteiger partial charge is 0.290 e. The highest BCUT2D eigenvalue weighted by molar-refractivity contribution is 6.33. The second kappa shape index (κ2) is 4.20. The van der Waals surface area contributed by atoms with Gasteiger partial charge in [0.1, 0.15) is 11.3 Å². The van der Waals surface area contributed by atoms with Gasteiger partial charge in [-0.15, -0.1) is 0 Å². The van der Waals surface area contributed by atoms with Crippen molar-refractivity contribution < 1.29 is 0 Å². The highest BCUT2D eigenvalue weighted by Gasteiger charge is 2.15. The zero-order valence-electron chi connectivity index (χ0n) is 10.4. The topological polar surface area (TPSA) is 63.6 Å². The van der Waals surface area contributed by atoms with E-state index in [1.807, 2.05) is 31.2 Å². The summed E-state index contributed by atoms with van der Waals surface area (Å²) in [5.41, 5.74) is 2.43. The predicted molar refractivity (Wildman–Crippen MR) is 74.0 cm³/mol. The zero-order valence-corrected chi connectivity index (χ0v) is 11.2. The fourth-order valence-electron chi connectivity index (χ4n) is 2.12. The number of fused-ring (bicyclic) bond motifs is 1. The number of benzene rings is 1. The van der Waals surface area contributed by atoms with Gasteiger partial charge in [0, 0.05) is 0 Å². The average molecular weight is 275 g/mol. The molecule has 2 heterocycles. The Morgan fingerprint density at radius 2 is 1.95 bits per heavy atom. The normalized spacial score (nSPS) is 11.1. The summed E-state index contributed by atoms with van der Waals surface area (Å²) in [6, 6.07) is 7.58. The van der Waals surface area contributed by atoms with Crippen LogP contribution in [0.4, 0.5) is 0 Å². The Kier molecular flexibility index (Phi) is 2.64. The number of aromatic amines is 1. The second-order valence-electron chi connectivity index (χ2n) is 4.31. The first kappa shape index (κ1) is 11.9. The Balaban J connectivity index is 2.46. The van der Waals surface area contributed by atoms with Crippen molar-refractivity contribution >= 4 is 22.8 Å². The standard InChI is InChI=1S/C13H11ClN4O/c1-7-5-3-4-6-9(7)18-10-11(14)15-8(2)16-12(10)17-13(18)19/h3-6H,1-2H3,(H,15,16,17,19). The lowest BCUT2D eigenvalue weighted by Gasteiger charge is -2.07. The Morgan fingerprint density at radius 1 is 1.21 bits per heavy atom. The molecule has 0 fully saturated rings. The molecule has 0 aliphatic heterocycles. The number of aryl methyl sites for hydroxylation is 2. The second-order valence-corrected chi connectivity index (χ2v) is 4.67. The van der Waals surface area contributed by atoms with Crippen molar-refractivity contribution in [2.24, 2.45) is 0 Å². The van der Waals surface area contributed by atoms with E-state index in [0.717, 1.165) is 11.3 Å².